The van der Waals surface area contributed by atoms with E-state index in [-0.39, 0.29) is 24.3 Å². The predicted molar refractivity (Wildman–Crippen MR) is 157 cm³/mol. The van der Waals surface area contributed by atoms with Crippen LogP contribution in [0.2, 0.25) is 0 Å². The number of ether oxygens (including phenoxy) is 2. The molecule has 1 aliphatic heterocycles. The van der Waals surface area contributed by atoms with E-state index in [0.717, 1.165) is 37.2 Å². The average molecular weight is 632 g/mol. The Bertz CT molecular complexity index is 1640. The van der Waals surface area contributed by atoms with E-state index in [1.165, 1.54) is 4.90 Å². The number of amides is 2. The summed E-state index contributed by atoms with van der Waals surface area (Å²) in [5.41, 5.74) is 2.96. The van der Waals surface area contributed by atoms with E-state index < -0.39 is 0 Å². The lowest BCUT2D eigenvalue weighted by atomic mass is 10.0. The Kier molecular flexibility index (Phi) is 7.67. The monoisotopic (exact) mass is 632 g/mol. The number of benzene rings is 4. The van der Waals surface area contributed by atoms with E-state index in [2.05, 4.69) is 28.7 Å². The van der Waals surface area contributed by atoms with Gasteiger partial charge < -0.3 is 9.47 Å². The Morgan fingerprint density at radius 1 is 1.00 bits per heavy atom. The Balaban J connectivity index is 1.37. The van der Waals surface area contributed by atoms with Crippen molar-refractivity contribution in [2.75, 3.05) is 7.11 Å². The summed E-state index contributed by atoms with van der Waals surface area (Å²) in [5.74, 6) is 0.713. The molecular formula is C30H21IN2O4S. The molecule has 0 unspecified atom stereocenters. The van der Waals surface area contributed by atoms with Crippen LogP contribution in [0.5, 0.6) is 11.5 Å². The largest absolute Gasteiger partial charge is 0.493 e. The standard InChI is InChI=1S/C30H21IN2O4S/c1-36-26-14-19(13-25(31)28(26)37-18-23-9-3-2-8-21(23)16-32)15-27-29(34)33(30(35)38-27)17-22-11-6-10-20-7-4-5-12-24(20)22/h2-15H,17-18H2,1H3/b27-15-. The maximum absolute atomic E-state index is 13.2. The molecule has 2 amide bonds. The number of hydrogen-bond acceptors (Lipinski definition) is 6. The fourth-order valence-corrected chi connectivity index (χ4v) is 5.88. The minimum atomic E-state index is -0.324. The Morgan fingerprint density at radius 3 is 2.55 bits per heavy atom. The van der Waals surface area contributed by atoms with E-state index in [9.17, 15) is 14.9 Å². The molecule has 0 saturated carbocycles. The highest BCUT2D eigenvalue weighted by atomic mass is 127. The van der Waals surface area contributed by atoms with Crippen LogP contribution in [-0.4, -0.2) is 23.2 Å². The molecule has 0 bridgehead atoms. The van der Waals surface area contributed by atoms with Crippen LogP contribution in [-0.2, 0) is 17.9 Å². The predicted octanol–water partition coefficient (Wildman–Crippen LogP) is 7.14. The number of nitrogens with zero attached hydrogens (tertiary/aromatic N) is 2. The van der Waals surface area contributed by atoms with Gasteiger partial charge in [0.1, 0.15) is 6.61 Å². The van der Waals surface area contributed by atoms with E-state index in [1.807, 2.05) is 66.7 Å². The van der Waals surface area contributed by atoms with E-state index in [1.54, 1.807) is 25.3 Å². The molecule has 188 valence electrons. The number of rotatable bonds is 7. The lowest BCUT2D eigenvalue weighted by Gasteiger charge is -2.15. The van der Waals surface area contributed by atoms with E-state index >= 15 is 0 Å². The first kappa shape index (κ1) is 25.8. The number of methoxy groups -OCH3 is 1. The van der Waals surface area contributed by atoms with Crippen molar-refractivity contribution in [1.82, 2.24) is 4.90 Å². The van der Waals surface area contributed by atoms with Gasteiger partial charge in [0, 0.05) is 5.56 Å². The summed E-state index contributed by atoms with van der Waals surface area (Å²) in [6, 6.07) is 26.9. The highest BCUT2D eigenvalue weighted by Crippen LogP contribution is 2.38. The zero-order valence-electron chi connectivity index (χ0n) is 20.3. The Hall–Kier alpha value is -3.81. The van der Waals surface area contributed by atoms with Crippen molar-refractivity contribution in [2.45, 2.75) is 13.2 Å². The molecule has 6 nitrogen and oxygen atoms in total. The second-order valence-electron chi connectivity index (χ2n) is 8.50. The highest BCUT2D eigenvalue weighted by Gasteiger charge is 2.35. The van der Waals surface area contributed by atoms with Crippen molar-refractivity contribution >= 4 is 62.3 Å². The van der Waals surface area contributed by atoms with Gasteiger partial charge in [0.2, 0.25) is 0 Å². The average Bonchev–Trinajstić information content (AvgIpc) is 3.19. The van der Waals surface area contributed by atoms with Gasteiger partial charge in [-0.3, -0.25) is 14.5 Å². The zero-order valence-corrected chi connectivity index (χ0v) is 23.3. The topological polar surface area (TPSA) is 79.6 Å². The number of carbonyl (C=O) groups excluding carboxylic acids is 2. The zero-order chi connectivity index (χ0) is 26.6. The molecule has 1 aliphatic rings. The quantitative estimate of drug-likeness (QED) is 0.159. The molecule has 0 spiro atoms. The number of fused-ring (bicyclic) bond motifs is 1. The molecule has 0 aromatic heterocycles. The summed E-state index contributed by atoms with van der Waals surface area (Å²) in [4.78, 5) is 27.7. The molecule has 1 fully saturated rings. The van der Waals surface area contributed by atoms with Gasteiger partial charge in [0.15, 0.2) is 11.5 Å². The van der Waals surface area contributed by atoms with Crippen molar-refractivity contribution in [3.63, 3.8) is 0 Å². The second kappa shape index (κ2) is 11.3. The third-order valence-electron chi connectivity index (χ3n) is 6.14. The summed E-state index contributed by atoms with van der Waals surface area (Å²) in [6.45, 7) is 0.420. The molecule has 5 rings (SSSR count). The Labute approximate surface area is 238 Å². The van der Waals surface area contributed by atoms with Crippen LogP contribution >= 0.6 is 34.4 Å². The number of halogens is 1. The molecule has 4 aromatic carbocycles. The SMILES string of the molecule is COc1cc(/C=C2\SC(=O)N(Cc3cccc4ccccc34)C2=O)cc(I)c1OCc1ccccc1C#N. The number of thioether (sulfide) groups is 1. The molecule has 4 aromatic rings. The maximum atomic E-state index is 13.2. The molecule has 0 aliphatic carbocycles. The maximum Gasteiger partial charge on any atom is 0.293 e. The fourth-order valence-electron chi connectivity index (χ4n) is 4.26. The minimum Gasteiger partial charge on any atom is -0.493 e. The summed E-state index contributed by atoms with van der Waals surface area (Å²) in [7, 11) is 1.54. The third-order valence-corrected chi connectivity index (χ3v) is 7.85. The lowest BCUT2D eigenvalue weighted by Crippen LogP contribution is -2.27. The van der Waals surface area contributed by atoms with Crippen LogP contribution in [0.15, 0.2) is 83.8 Å². The van der Waals surface area contributed by atoms with Gasteiger partial charge in [-0.05, 0) is 80.5 Å². The molecule has 1 saturated heterocycles. The van der Waals surface area contributed by atoms with Gasteiger partial charge in [0.05, 0.1) is 33.8 Å². The number of nitriles is 1. The van der Waals surface area contributed by atoms with Crippen molar-refractivity contribution in [1.29, 1.82) is 5.26 Å². The smallest absolute Gasteiger partial charge is 0.293 e. The van der Waals surface area contributed by atoms with Crippen LogP contribution < -0.4 is 9.47 Å². The highest BCUT2D eigenvalue weighted by molar-refractivity contribution is 14.1. The minimum absolute atomic E-state index is 0.209. The molecule has 8 heteroatoms. The van der Waals surface area contributed by atoms with Gasteiger partial charge >= 0.3 is 0 Å². The lowest BCUT2D eigenvalue weighted by molar-refractivity contribution is -0.123. The third kappa shape index (κ3) is 5.26. The number of hydrogen-bond donors (Lipinski definition) is 0. The number of carbonyl (C=O) groups is 2. The molecule has 38 heavy (non-hydrogen) atoms. The molecular weight excluding hydrogens is 611 g/mol. The normalized spacial score (nSPS) is 14.2. The van der Waals surface area contributed by atoms with Gasteiger partial charge in [-0.1, -0.05) is 60.7 Å². The summed E-state index contributed by atoms with van der Waals surface area (Å²) in [5, 5.41) is 11.1. The van der Waals surface area contributed by atoms with Crippen molar-refractivity contribution in [3.8, 4) is 17.6 Å². The first-order valence-corrected chi connectivity index (χ1v) is 13.6. The van der Waals surface area contributed by atoms with E-state index in [4.69, 9.17) is 9.47 Å². The van der Waals surface area contributed by atoms with Crippen LogP contribution in [0.25, 0.3) is 16.8 Å². The fraction of sp³-hybridized carbons (Fsp3) is 0.100. The van der Waals surface area contributed by atoms with Crippen molar-refractivity contribution < 1.29 is 19.1 Å². The van der Waals surface area contributed by atoms with Gasteiger partial charge in [-0.15, -0.1) is 0 Å². The molecule has 1 heterocycles. The summed E-state index contributed by atoms with van der Waals surface area (Å²) in [6.07, 6.45) is 1.70. The van der Waals surface area contributed by atoms with Crippen molar-refractivity contribution in [3.05, 3.63) is 110 Å². The Morgan fingerprint density at radius 2 is 1.74 bits per heavy atom. The van der Waals surface area contributed by atoms with Gasteiger partial charge in [0.25, 0.3) is 11.1 Å². The summed E-state index contributed by atoms with van der Waals surface area (Å²) < 4.78 is 12.4. The van der Waals surface area contributed by atoms with Gasteiger partial charge in [-0.2, -0.15) is 5.26 Å². The first-order chi connectivity index (χ1) is 18.5. The first-order valence-electron chi connectivity index (χ1n) is 11.7. The molecule has 0 atom stereocenters. The number of imide groups is 1. The summed E-state index contributed by atoms with van der Waals surface area (Å²) >= 11 is 3.08. The van der Waals surface area contributed by atoms with E-state index in [0.29, 0.717) is 27.5 Å². The molecule has 0 radical (unpaired) electrons. The van der Waals surface area contributed by atoms with Crippen LogP contribution in [0.3, 0.4) is 0 Å². The second-order valence-corrected chi connectivity index (χ2v) is 10.7. The van der Waals surface area contributed by atoms with Crippen LogP contribution in [0.1, 0.15) is 22.3 Å². The molecule has 0 N–H and O–H groups in total. The van der Waals surface area contributed by atoms with Crippen molar-refractivity contribution in [2.24, 2.45) is 0 Å². The van der Waals surface area contributed by atoms with Crippen LogP contribution in [0.4, 0.5) is 4.79 Å². The van der Waals surface area contributed by atoms with Crippen LogP contribution in [0, 0.1) is 14.9 Å². The van der Waals surface area contributed by atoms with Gasteiger partial charge in [-0.25, -0.2) is 0 Å².